The monoisotopic (exact) mass is 586 g/mol. The van der Waals surface area contributed by atoms with Crippen molar-refractivity contribution in [3.8, 4) is 0 Å². The Hall–Kier alpha value is -2.61. The number of nitrogens with zero attached hydrogens (tertiary/aromatic N) is 4. The summed E-state index contributed by atoms with van der Waals surface area (Å²) in [5.41, 5.74) is 8.15. The Morgan fingerprint density at radius 1 is 1.29 bits per heavy atom. The molecule has 41 heavy (non-hydrogen) atoms. The molecular weight excluding hydrogens is 540 g/mol. The van der Waals surface area contributed by atoms with Crippen LogP contribution in [0.5, 0.6) is 0 Å². The van der Waals surface area contributed by atoms with Gasteiger partial charge in [-0.25, -0.2) is 9.59 Å². The van der Waals surface area contributed by atoms with Crippen molar-refractivity contribution in [2.24, 2.45) is 17.0 Å². The number of ether oxygens (including phenoxy) is 7. The minimum Gasteiger partial charge on any atom is -0.456 e. The average molecular weight is 587 g/mol. The van der Waals surface area contributed by atoms with Gasteiger partial charge in [-0.05, 0) is 52.2 Å². The fourth-order valence-electron chi connectivity index (χ4n) is 5.40. The summed E-state index contributed by atoms with van der Waals surface area (Å²) in [6, 6.07) is -0.395. The van der Waals surface area contributed by atoms with Gasteiger partial charge in [-0.1, -0.05) is 19.0 Å². The summed E-state index contributed by atoms with van der Waals surface area (Å²) >= 11 is 0. The van der Waals surface area contributed by atoms with E-state index in [-0.39, 0.29) is 24.6 Å². The molecule has 0 spiro atoms. The van der Waals surface area contributed by atoms with E-state index in [9.17, 15) is 14.7 Å². The van der Waals surface area contributed by atoms with Crippen LogP contribution in [0.15, 0.2) is 16.4 Å². The molecule has 2 aliphatic heterocycles. The minimum absolute atomic E-state index is 0.0301. The predicted molar refractivity (Wildman–Crippen MR) is 146 cm³/mol. The summed E-state index contributed by atoms with van der Waals surface area (Å²) in [5, 5.41) is 13.6. The van der Waals surface area contributed by atoms with E-state index in [2.05, 4.69) is 10.0 Å². The first-order chi connectivity index (χ1) is 19.1. The number of methoxy groups -OCH3 is 2. The van der Waals surface area contributed by atoms with Crippen LogP contribution < -0.4 is 0 Å². The lowest BCUT2D eigenvalue weighted by Gasteiger charge is -2.48. The number of likely N-dealkylation sites (N-methyl/N-ethyl adjacent to an activating group) is 1. The predicted octanol–water partition coefficient (Wildman–Crippen LogP) is 3.52. The second-order valence-corrected chi connectivity index (χ2v) is 11.6. The summed E-state index contributed by atoms with van der Waals surface area (Å²) in [6.07, 6.45) is -3.70. The van der Waals surface area contributed by atoms with Crippen LogP contribution in [0, 0.1) is 11.8 Å². The third-order valence-corrected chi connectivity index (χ3v) is 7.54. The molecule has 0 unspecified atom stereocenters. The maximum atomic E-state index is 12.7. The normalized spacial score (nSPS) is 28.0. The number of carbonyl (C=O) groups is 2. The standard InChI is InChI=1S/C27H46N4O10/c1-15(14-32)12-27(6,36-10)22(16(2)20-17(3)23(33)41-26(4,5)40-20)39-24-21(38-25(34)35-9)19(31(7)8)11-18(37-24)13-29-30-28/h15-16,18-19,21-22,24,32H,11-14H2,1-10H3/t15-,16+,18+,19+,21-,22-,24+,27-/m1/s1. The Labute approximate surface area is 241 Å². The second kappa shape index (κ2) is 14.5. The van der Waals surface area contributed by atoms with Crippen molar-refractivity contribution in [2.75, 3.05) is 41.5 Å². The number of hydrogen-bond donors (Lipinski definition) is 1. The van der Waals surface area contributed by atoms with Gasteiger partial charge < -0.3 is 43.2 Å². The van der Waals surface area contributed by atoms with Crippen LogP contribution in [0.4, 0.5) is 4.79 Å². The molecular formula is C27H46N4O10. The van der Waals surface area contributed by atoms with Crippen LogP contribution in [0.25, 0.3) is 10.4 Å². The van der Waals surface area contributed by atoms with Crippen molar-refractivity contribution in [1.29, 1.82) is 0 Å². The number of aliphatic hydroxyl groups excluding tert-OH is 1. The van der Waals surface area contributed by atoms with E-state index in [1.165, 1.54) is 14.2 Å². The molecule has 2 rings (SSSR count). The molecule has 0 aromatic heterocycles. The topological polar surface area (TPSA) is 171 Å². The van der Waals surface area contributed by atoms with E-state index in [4.69, 9.17) is 38.7 Å². The molecule has 8 atom stereocenters. The Bertz CT molecular complexity index is 999. The minimum atomic E-state index is -1.22. The summed E-state index contributed by atoms with van der Waals surface area (Å²) < 4.78 is 41.0. The lowest BCUT2D eigenvalue weighted by molar-refractivity contribution is -0.300. The summed E-state index contributed by atoms with van der Waals surface area (Å²) in [4.78, 5) is 29.8. The highest BCUT2D eigenvalue weighted by Crippen LogP contribution is 2.41. The third-order valence-electron chi connectivity index (χ3n) is 7.54. The van der Waals surface area contributed by atoms with Gasteiger partial charge in [0.25, 0.3) is 0 Å². The first kappa shape index (κ1) is 34.6. The van der Waals surface area contributed by atoms with Crippen LogP contribution in [0.1, 0.15) is 54.4 Å². The lowest BCUT2D eigenvalue weighted by atomic mass is 9.80. The highest BCUT2D eigenvalue weighted by molar-refractivity contribution is 5.89. The molecule has 0 aromatic carbocycles. The zero-order chi connectivity index (χ0) is 31.1. The fraction of sp³-hybridized carbons (Fsp3) is 0.852. The highest BCUT2D eigenvalue weighted by Gasteiger charge is 2.50. The molecule has 0 amide bonds. The van der Waals surface area contributed by atoms with Crippen molar-refractivity contribution >= 4 is 12.1 Å². The largest absolute Gasteiger partial charge is 0.508 e. The molecule has 0 radical (unpaired) electrons. The van der Waals surface area contributed by atoms with E-state index in [0.29, 0.717) is 18.6 Å². The molecule has 0 bridgehead atoms. The molecule has 234 valence electrons. The van der Waals surface area contributed by atoms with E-state index in [1.807, 2.05) is 39.8 Å². The number of hydrogen-bond acceptors (Lipinski definition) is 12. The SMILES string of the molecule is COC(=O)O[C@H]1[C@H](O[C@H]([C@@H](C)C2=C(C)C(=O)OC(C)(C)O2)[C@@](C)(C[C@@H](C)CO)OC)O[C@H](CN=[N+]=[N-])C[C@@H]1N(C)C. The number of azide groups is 1. The molecule has 1 fully saturated rings. The Kier molecular flexibility index (Phi) is 12.3. The number of esters is 1. The van der Waals surface area contributed by atoms with Gasteiger partial charge in [0.2, 0.25) is 5.79 Å². The smallest absolute Gasteiger partial charge is 0.456 e. The molecule has 0 saturated carbocycles. The quantitative estimate of drug-likeness (QED) is 0.145. The Balaban J connectivity index is 2.65. The van der Waals surface area contributed by atoms with Crippen LogP contribution in [-0.4, -0.2) is 106 Å². The molecule has 0 aromatic rings. The van der Waals surface area contributed by atoms with Crippen molar-refractivity contribution in [3.05, 3.63) is 21.8 Å². The van der Waals surface area contributed by atoms with Crippen LogP contribution in [-0.2, 0) is 38.0 Å². The molecule has 2 heterocycles. The number of carbonyl (C=O) groups excluding carboxylic acids is 2. The van der Waals surface area contributed by atoms with Gasteiger partial charge in [0.15, 0.2) is 12.4 Å². The molecule has 0 aliphatic carbocycles. The maximum Gasteiger partial charge on any atom is 0.508 e. The van der Waals surface area contributed by atoms with Crippen LogP contribution >= 0.6 is 0 Å². The first-order valence-electron chi connectivity index (χ1n) is 13.6. The zero-order valence-corrected chi connectivity index (χ0v) is 25.8. The van der Waals surface area contributed by atoms with E-state index in [1.54, 1.807) is 20.8 Å². The van der Waals surface area contributed by atoms with E-state index < -0.39 is 60.1 Å². The highest BCUT2D eigenvalue weighted by atomic mass is 16.8. The molecule has 14 nitrogen and oxygen atoms in total. The Morgan fingerprint density at radius 3 is 2.49 bits per heavy atom. The molecule has 1 N–H and O–H groups in total. The van der Waals surface area contributed by atoms with Gasteiger partial charge in [0.1, 0.15) is 5.76 Å². The van der Waals surface area contributed by atoms with Gasteiger partial charge in [0, 0.05) is 38.4 Å². The molecule has 2 aliphatic rings. The number of cyclic esters (lactones) is 1. The summed E-state index contributed by atoms with van der Waals surface area (Å²) in [7, 11) is 6.39. The third kappa shape index (κ3) is 8.69. The van der Waals surface area contributed by atoms with Gasteiger partial charge >= 0.3 is 12.1 Å². The average Bonchev–Trinajstić information content (AvgIpc) is 2.92. The van der Waals surface area contributed by atoms with Crippen molar-refractivity contribution in [1.82, 2.24) is 4.90 Å². The van der Waals surface area contributed by atoms with Gasteiger partial charge in [0.05, 0.1) is 43.1 Å². The first-order valence-corrected chi connectivity index (χ1v) is 13.6. The van der Waals surface area contributed by atoms with Crippen LogP contribution in [0.2, 0.25) is 0 Å². The lowest BCUT2D eigenvalue weighted by Crippen LogP contribution is -2.60. The van der Waals surface area contributed by atoms with Crippen LogP contribution in [0.3, 0.4) is 0 Å². The summed E-state index contributed by atoms with van der Waals surface area (Å²) in [5.74, 6) is -2.17. The van der Waals surface area contributed by atoms with Gasteiger partial charge in [-0.3, -0.25) is 0 Å². The van der Waals surface area contributed by atoms with Crippen molar-refractivity contribution in [2.45, 2.75) is 96.4 Å². The zero-order valence-electron chi connectivity index (χ0n) is 25.8. The number of rotatable bonds is 13. The molecule has 14 heteroatoms. The Morgan fingerprint density at radius 2 is 1.95 bits per heavy atom. The van der Waals surface area contributed by atoms with E-state index in [0.717, 1.165) is 0 Å². The second-order valence-electron chi connectivity index (χ2n) is 11.6. The molecule has 1 saturated heterocycles. The maximum absolute atomic E-state index is 12.7. The van der Waals surface area contributed by atoms with Gasteiger partial charge in [-0.15, -0.1) is 0 Å². The summed E-state index contributed by atoms with van der Waals surface area (Å²) in [6.45, 7) is 10.4. The fourth-order valence-corrected chi connectivity index (χ4v) is 5.40. The van der Waals surface area contributed by atoms with Crippen molar-refractivity contribution in [3.63, 3.8) is 0 Å². The van der Waals surface area contributed by atoms with Gasteiger partial charge in [-0.2, -0.15) is 0 Å². The van der Waals surface area contributed by atoms with E-state index >= 15 is 0 Å². The van der Waals surface area contributed by atoms with Crippen molar-refractivity contribution < 1.29 is 47.9 Å². The number of aliphatic hydroxyl groups is 1.